The molecule has 0 amide bonds. The molecule has 0 saturated heterocycles. The molecule has 0 rings (SSSR count). The van der Waals surface area contributed by atoms with Crippen LogP contribution in [0.5, 0.6) is 0 Å². The highest BCUT2D eigenvalue weighted by atomic mass is 16.6. The van der Waals surface area contributed by atoms with E-state index in [1.807, 2.05) is 0 Å². The monoisotopic (exact) mass is 927 g/mol. The predicted octanol–water partition coefficient (Wildman–Crippen LogP) is 18.1. The summed E-state index contributed by atoms with van der Waals surface area (Å²) in [7, 11) is 0. The number of carbonyl (C=O) groups excluding carboxylic acids is 3. The standard InChI is InChI=1S/C61H98O6/c1-4-7-10-13-16-19-22-25-28-29-30-31-34-37-40-43-46-49-52-55-61(64)67-58(56-65-59(62)53-50-47-44-41-38-35-32-26-23-20-17-14-11-8-5-2)57-66-60(63)54-51-48-45-42-39-36-33-27-24-21-18-15-12-9-6-3/h7-8,10-11,16-21,25-28,30-33,37,40,58H,4-6,9,12-15,22-24,29,34-36,38-39,41-57H2,1-3H3/b10-7-,11-8-,19-16-,20-17-,21-18-,28-25-,31-30-,32-26-,33-27-,40-37-/t58-/m1/s1. The molecule has 0 radical (unpaired) electrons. The quantitative estimate of drug-likeness (QED) is 0.0262. The van der Waals surface area contributed by atoms with Gasteiger partial charge >= 0.3 is 17.9 Å². The lowest BCUT2D eigenvalue weighted by molar-refractivity contribution is -0.167. The van der Waals surface area contributed by atoms with E-state index in [-0.39, 0.29) is 37.5 Å². The van der Waals surface area contributed by atoms with Crippen LogP contribution in [0.25, 0.3) is 0 Å². The summed E-state index contributed by atoms with van der Waals surface area (Å²) in [6, 6.07) is 0. The topological polar surface area (TPSA) is 78.9 Å². The Morgan fingerprint density at radius 2 is 0.582 bits per heavy atom. The van der Waals surface area contributed by atoms with Crippen LogP contribution in [0.2, 0.25) is 0 Å². The second-order valence-corrected chi connectivity index (χ2v) is 17.4. The molecule has 0 unspecified atom stereocenters. The summed E-state index contributed by atoms with van der Waals surface area (Å²) in [4.78, 5) is 38.1. The molecule has 0 fully saturated rings. The van der Waals surface area contributed by atoms with Gasteiger partial charge in [0, 0.05) is 19.3 Å². The highest BCUT2D eigenvalue weighted by Gasteiger charge is 2.19. The summed E-state index contributed by atoms with van der Waals surface area (Å²) < 4.78 is 16.8. The largest absolute Gasteiger partial charge is 0.462 e. The van der Waals surface area contributed by atoms with Gasteiger partial charge in [0.1, 0.15) is 13.2 Å². The van der Waals surface area contributed by atoms with Crippen LogP contribution >= 0.6 is 0 Å². The van der Waals surface area contributed by atoms with Gasteiger partial charge in [0.25, 0.3) is 0 Å². The van der Waals surface area contributed by atoms with E-state index in [9.17, 15) is 14.4 Å². The van der Waals surface area contributed by atoms with Crippen LogP contribution in [0.15, 0.2) is 122 Å². The summed E-state index contributed by atoms with van der Waals surface area (Å²) >= 11 is 0. The zero-order valence-corrected chi connectivity index (χ0v) is 43.1. The highest BCUT2D eigenvalue weighted by Crippen LogP contribution is 2.13. The fourth-order valence-corrected chi connectivity index (χ4v) is 6.92. The third-order valence-corrected chi connectivity index (χ3v) is 10.9. The first-order chi connectivity index (χ1) is 33.0. The lowest BCUT2D eigenvalue weighted by atomic mass is 10.1. The van der Waals surface area contributed by atoms with E-state index in [0.29, 0.717) is 19.3 Å². The van der Waals surface area contributed by atoms with Gasteiger partial charge in [-0.1, -0.05) is 200 Å². The zero-order chi connectivity index (χ0) is 48.6. The van der Waals surface area contributed by atoms with Crippen LogP contribution in [0, 0.1) is 0 Å². The lowest BCUT2D eigenvalue weighted by Crippen LogP contribution is -2.30. The van der Waals surface area contributed by atoms with Crippen molar-refractivity contribution < 1.29 is 28.6 Å². The van der Waals surface area contributed by atoms with Gasteiger partial charge in [0.2, 0.25) is 0 Å². The first-order valence-electron chi connectivity index (χ1n) is 27.0. The molecule has 0 heterocycles. The maximum Gasteiger partial charge on any atom is 0.306 e. The Balaban J connectivity index is 4.53. The second kappa shape index (κ2) is 54.4. The van der Waals surface area contributed by atoms with E-state index in [1.165, 1.54) is 25.7 Å². The fraction of sp³-hybridized carbons (Fsp3) is 0.623. The number of rotatable bonds is 47. The van der Waals surface area contributed by atoms with E-state index in [4.69, 9.17) is 14.2 Å². The summed E-state index contributed by atoms with van der Waals surface area (Å²) in [5, 5.41) is 0. The Morgan fingerprint density at radius 1 is 0.313 bits per heavy atom. The van der Waals surface area contributed by atoms with Crippen molar-refractivity contribution in [3.63, 3.8) is 0 Å². The van der Waals surface area contributed by atoms with Crippen LogP contribution in [0.3, 0.4) is 0 Å². The van der Waals surface area contributed by atoms with Gasteiger partial charge in [-0.2, -0.15) is 0 Å². The fourth-order valence-electron chi connectivity index (χ4n) is 6.92. The number of hydrogen-bond donors (Lipinski definition) is 0. The molecule has 67 heavy (non-hydrogen) atoms. The molecule has 6 heteroatoms. The van der Waals surface area contributed by atoms with Crippen molar-refractivity contribution >= 4 is 17.9 Å². The number of esters is 3. The molecule has 0 bridgehead atoms. The maximum absolute atomic E-state index is 12.8. The van der Waals surface area contributed by atoms with Gasteiger partial charge < -0.3 is 14.2 Å². The third-order valence-electron chi connectivity index (χ3n) is 10.9. The summed E-state index contributed by atoms with van der Waals surface area (Å²) in [6.45, 7) is 6.32. The third kappa shape index (κ3) is 52.6. The number of carbonyl (C=O) groups is 3. The molecule has 0 aliphatic carbocycles. The molecule has 0 aliphatic heterocycles. The van der Waals surface area contributed by atoms with Crippen molar-refractivity contribution in [2.45, 2.75) is 232 Å². The minimum Gasteiger partial charge on any atom is -0.462 e. The summed E-state index contributed by atoms with van der Waals surface area (Å²) in [6.07, 6.45) is 74.6. The van der Waals surface area contributed by atoms with Crippen LogP contribution in [0.4, 0.5) is 0 Å². The van der Waals surface area contributed by atoms with Crippen LogP contribution in [-0.4, -0.2) is 37.2 Å². The van der Waals surface area contributed by atoms with Gasteiger partial charge in [-0.15, -0.1) is 0 Å². The predicted molar refractivity (Wildman–Crippen MR) is 288 cm³/mol. The van der Waals surface area contributed by atoms with Crippen molar-refractivity contribution in [2.75, 3.05) is 13.2 Å². The summed E-state index contributed by atoms with van der Waals surface area (Å²) in [5.41, 5.74) is 0. The molecule has 0 aromatic rings. The normalized spacial score (nSPS) is 13.1. The average molecular weight is 927 g/mol. The van der Waals surface area contributed by atoms with Crippen molar-refractivity contribution in [1.29, 1.82) is 0 Å². The number of hydrogen-bond acceptors (Lipinski definition) is 6. The minimum atomic E-state index is -0.812. The lowest BCUT2D eigenvalue weighted by Gasteiger charge is -2.18. The second-order valence-electron chi connectivity index (χ2n) is 17.4. The zero-order valence-electron chi connectivity index (χ0n) is 43.1. The molecule has 6 nitrogen and oxygen atoms in total. The van der Waals surface area contributed by atoms with Gasteiger partial charge in [-0.05, 0) is 128 Å². The number of unbranched alkanes of at least 4 members (excludes halogenated alkanes) is 16. The molecule has 0 aromatic heterocycles. The van der Waals surface area contributed by atoms with E-state index in [2.05, 4.69) is 142 Å². The van der Waals surface area contributed by atoms with E-state index >= 15 is 0 Å². The molecule has 0 saturated carbocycles. The summed E-state index contributed by atoms with van der Waals surface area (Å²) in [5.74, 6) is -0.976. The molecule has 378 valence electrons. The Hall–Kier alpha value is -4.19. The van der Waals surface area contributed by atoms with Gasteiger partial charge in [-0.3, -0.25) is 14.4 Å². The van der Waals surface area contributed by atoms with Gasteiger partial charge in [0.15, 0.2) is 6.10 Å². The minimum absolute atomic E-state index is 0.108. The van der Waals surface area contributed by atoms with Crippen LogP contribution in [-0.2, 0) is 28.6 Å². The Kier molecular flexibility index (Phi) is 51.0. The Labute approximate surface area is 412 Å². The van der Waals surface area contributed by atoms with Crippen molar-refractivity contribution in [2.24, 2.45) is 0 Å². The molecule has 0 N–H and O–H groups in total. The van der Waals surface area contributed by atoms with E-state index in [0.717, 1.165) is 154 Å². The van der Waals surface area contributed by atoms with Crippen molar-refractivity contribution in [3.8, 4) is 0 Å². The number of ether oxygens (including phenoxy) is 3. The number of allylic oxidation sites excluding steroid dienone is 20. The Bertz CT molecular complexity index is 1440. The Morgan fingerprint density at radius 3 is 0.925 bits per heavy atom. The molecular formula is C61H98O6. The molecule has 0 aromatic carbocycles. The van der Waals surface area contributed by atoms with Crippen molar-refractivity contribution in [3.05, 3.63) is 122 Å². The first kappa shape index (κ1) is 62.8. The highest BCUT2D eigenvalue weighted by molar-refractivity contribution is 5.71. The molecule has 1 atom stereocenters. The van der Waals surface area contributed by atoms with Crippen molar-refractivity contribution in [1.82, 2.24) is 0 Å². The molecule has 0 spiro atoms. The maximum atomic E-state index is 12.8. The smallest absolute Gasteiger partial charge is 0.306 e. The van der Waals surface area contributed by atoms with Gasteiger partial charge in [0.05, 0.1) is 0 Å². The molecule has 0 aliphatic rings. The average Bonchev–Trinajstić information content (AvgIpc) is 3.33. The molecular weight excluding hydrogens is 829 g/mol. The van der Waals surface area contributed by atoms with E-state index in [1.54, 1.807) is 0 Å². The first-order valence-corrected chi connectivity index (χ1v) is 27.0. The SMILES string of the molecule is CC/C=C\C/C=C\C/C=C\C/C=C\C/C=C\CCCCCC(=O)O[C@H](COC(=O)CCCCCCC/C=C\C/C=C\C/C=C\CC)COC(=O)CCCCCCC/C=C\C/C=C\CCCCC. The van der Waals surface area contributed by atoms with Crippen LogP contribution in [0.1, 0.15) is 226 Å². The van der Waals surface area contributed by atoms with E-state index < -0.39 is 6.10 Å². The van der Waals surface area contributed by atoms with Gasteiger partial charge in [-0.25, -0.2) is 0 Å². The van der Waals surface area contributed by atoms with Crippen LogP contribution < -0.4 is 0 Å².